The number of nitrogens with zero attached hydrogens (tertiary/aromatic N) is 1. The molecule has 0 aliphatic carbocycles. The Morgan fingerprint density at radius 2 is 1.84 bits per heavy atom. The van der Waals surface area contributed by atoms with E-state index in [1.807, 2.05) is 18.2 Å². The smallest absolute Gasteiger partial charge is 0.0992 e. The summed E-state index contributed by atoms with van der Waals surface area (Å²) in [5, 5.41) is 13.3. The monoisotopic (exact) mass is 354 g/mol. The number of benzene rings is 2. The van der Waals surface area contributed by atoms with Crippen LogP contribution >= 0.6 is 39.1 Å². The zero-order valence-corrected chi connectivity index (χ0v) is 12.9. The molecule has 0 aliphatic rings. The van der Waals surface area contributed by atoms with Crippen molar-refractivity contribution >= 4 is 44.8 Å². The Morgan fingerprint density at radius 3 is 2.58 bits per heavy atom. The third-order valence-electron chi connectivity index (χ3n) is 2.57. The van der Waals surface area contributed by atoms with Gasteiger partial charge in [-0.25, -0.2) is 0 Å². The van der Waals surface area contributed by atoms with Crippen molar-refractivity contribution in [2.45, 2.75) is 6.54 Å². The first-order valence-electron chi connectivity index (χ1n) is 5.47. The first-order chi connectivity index (χ1) is 9.10. The highest BCUT2D eigenvalue weighted by atomic mass is 79.9. The molecule has 2 aromatic rings. The molecule has 0 radical (unpaired) electrons. The van der Waals surface area contributed by atoms with Crippen LogP contribution in [0.5, 0.6) is 0 Å². The maximum absolute atomic E-state index is 8.87. The molecule has 0 saturated carbocycles. The highest BCUT2D eigenvalue weighted by molar-refractivity contribution is 9.10. The van der Waals surface area contributed by atoms with Crippen molar-refractivity contribution in [1.29, 1.82) is 5.26 Å². The van der Waals surface area contributed by atoms with Gasteiger partial charge < -0.3 is 5.32 Å². The van der Waals surface area contributed by atoms with Crippen molar-refractivity contribution in [3.63, 3.8) is 0 Å². The minimum Gasteiger partial charge on any atom is -0.380 e. The van der Waals surface area contributed by atoms with E-state index < -0.39 is 0 Å². The minimum absolute atomic E-state index is 0.535. The molecule has 19 heavy (non-hydrogen) atoms. The lowest BCUT2D eigenvalue weighted by Crippen LogP contribution is -2.01. The van der Waals surface area contributed by atoms with Gasteiger partial charge >= 0.3 is 0 Å². The number of rotatable bonds is 3. The number of nitriles is 1. The quantitative estimate of drug-likeness (QED) is 0.817. The first kappa shape index (κ1) is 14.2. The van der Waals surface area contributed by atoms with Crippen LogP contribution in [0.25, 0.3) is 0 Å². The molecule has 96 valence electrons. The molecule has 0 aromatic heterocycles. The summed E-state index contributed by atoms with van der Waals surface area (Å²) in [5.74, 6) is 0. The first-order valence-corrected chi connectivity index (χ1v) is 7.02. The largest absolute Gasteiger partial charge is 0.380 e. The molecule has 0 fully saturated rings. The number of anilines is 1. The Hall–Kier alpha value is -1.21. The van der Waals surface area contributed by atoms with Gasteiger partial charge in [-0.05, 0) is 42.0 Å². The van der Waals surface area contributed by atoms with Gasteiger partial charge in [0, 0.05) is 16.0 Å². The fourth-order valence-electron chi connectivity index (χ4n) is 1.60. The second-order valence-corrected chi connectivity index (χ2v) is 5.63. The summed E-state index contributed by atoms with van der Waals surface area (Å²) < 4.78 is 0.963. The molecule has 2 aromatic carbocycles. The molecule has 0 aliphatic heterocycles. The van der Waals surface area contributed by atoms with Gasteiger partial charge in [0.15, 0.2) is 0 Å². The Morgan fingerprint density at radius 1 is 1.11 bits per heavy atom. The Labute approximate surface area is 130 Å². The topological polar surface area (TPSA) is 35.8 Å². The molecular formula is C14H9BrCl2N2. The molecule has 0 bridgehead atoms. The van der Waals surface area contributed by atoms with Crippen LogP contribution in [-0.2, 0) is 6.54 Å². The molecule has 0 spiro atoms. The highest BCUT2D eigenvalue weighted by Gasteiger charge is 2.04. The molecule has 0 unspecified atom stereocenters. The van der Waals surface area contributed by atoms with Gasteiger partial charge in [0.1, 0.15) is 0 Å². The second-order valence-electron chi connectivity index (χ2n) is 3.90. The summed E-state index contributed by atoms with van der Waals surface area (Å²) in [5.41, 5.74) is 2.23. The van der Waals surface area contributed by atoms with Crippen LogP contribution in [0.2, 0.25) is 10.0 Å². The second kappa shape index (κ2) is 6.29. The molecule has 1 N–H and O–H groups in total. The fourth-order valence-corrected chi connectivity index (χ4v) is 2.38. The molecule has 0 atom stereocenters. The Bertz CT molecular complexity index is 650. The van der Waals surface area contributed by atoms with Crippen molar-refractivity contribution in [2.24, 2.45) is 0 Å². The van der Waals surface area contributed by atoms with E-state index in [4.69, 9.17) is 28.5 Å². The Balaban J connectivity index is 2.19. The van der Waals surface area contributed by atoms with Gasteiger partial charge in [-0.15, -0.1) is 0 Å². The van der Waals surface area contributed by atoms with Crippen LogP contribution in [0, 0.1) is 11.3 Å². The summed E-state index contributed by atoms with van der Waals surface area (Å²) in [6.45, 7) is 0.535. The van der Waals surface area contributed by atoms with E-state index in [9.17, 15) is 0 Å². The average Bonchev–Trinajstić information content (AvgIpc) is 2.41. The van der Waals surface area contributed by atoms with Crippen molar-refractivity contribution in [3.8, 4) is 6.07 Å². The van der Waals surface area contributed by atoms with Crippen LogP contribution in [0.1, 0.15) is 11.1 Å². The van der Waals surface area contributed by atoms with Gasteiger partial charge in [0.2, 0.25) is 0 Å². The Kier molecular flexibility index (Phi) is 4.71. The lowest BCUT2D eigenvalue weighted by atomic mass is 10.2. The molecule has 2 nitrogen and oxygen atoms in total. The normalized spacial score (nSPS) is 10.0. The lowest BCUT2D eigenvalue weighted by molar-refractivity contribution is 1.15. The average molecular weight is 356 g/mol. The summed E-state index contributed by atoms with van der Waals surface area (Å²) >= 11 is 15.6. The zero-order chi connectivity index (χ0) is 13.8. The molecular weight excluding hydrogens is 347 g/mol. The van der Waals surface area contributed by atoms with Gasteiger partial charge in [-0.2, -0.15) is 5.26 Å². The van der Waals surface area contributed by atoms with Gasteiger partial charge in [-0.3, -0.25) is 0 Å². The zero-order valence-electron chi connectivity index (χ0n) is 9.75. The van der Waals surface area contributed by atoms with E-state index in [1.54, 1.807) is 18.2 Å². The highest BCUT2D eigenvalue weighted by Crippen LogP contribution is 2.26. The van der Waals surface area contributed by atoms with E-state index in [0.717, 1.165) is 15.7 Å². The third kappa shape index (κ3) is 3.63. The molecule has 0 saturated heterocycles. The molecule has 2 rings (SSSR count). The van der Waals surface area contributed by atoms with E-state index >= 15 is 0 Å². The lowest BCUT2D eigenvalue weighted by Gasteiger charge is -2.10. The van der Waals surface area contributed by atoms with Crippen molar-refractivity contribution in [2.75, 3.05) is 5.32 Å². The van der Waals surface area contributed by atoms with Crippen molar-refractivity contribution in [3.05, 3.63) is 62.0 Å². The SMILES string of the molecule is N#Cc1ccc(Cl)c(NCc2cc(Br)ccc2Cl)c1. The van der Waals surface area contributed by atoms with E-state index in [0.29, 0.717) is 22.2 Å². The molecule has 0 amide bonds. The number of nitrogens with one attached hydrogen (secondary N) is 1. The van der Waals surface area contributed by atoms with Gasteiger partial charge in [0.25, 0.3) is 0 Å². The maximum atomic E-state index is 8.87. The van der Waals surface area contributed by atoms with Crippen molar-refractivity contribution < 1.29 is 0 Å². The fraction of sp³-hybridized carbons (Fsp3) is 0.0714. The molecule has 5 heteroatoms. The van der Waals surface area contributed by atoms with Crippen LogP contribution in [0.15, 0.2) is 40.9 Å². The van der Waals surface area contributed by atoms with Crippen LogP contribution in [0.3, 0.4) is 0 Å². The van der Waals surface area contributed by atoms with Gasteiger partial charge in [-0.1, -0.05) is 39.1 Å². The number of hydrogen-bond donors (Lipinski definition) is 1. The number of hydrogen-bond acceptors (Lipinski definition) is 2. The third-order valence-corrected chi connectivity index (χ3v) is 3.76. The number of halogens is 3. The molecule has 0 heterocycles. The predicted molar refractivity (Wildman–Crippen MR) is 82.6 cm³/mol. The minimum atomic E-state index is 0.535. The van der Waals surface area contributed by atoms with E-state index in [1.165, 1.54) is 0 Å². The standard InChI is InChI=1S/C14H9BrCl2N2/c15-11-2-4-12(16)10(6-11)8-19-14-5-9(7-18)1-3-13(14)17/h1-6,19H,8H2. The van der Waals surface area contributed by atoms with E-state index in [2.05, 4.69) is 27.3 Å². The van der Waals surface area contributed by atoms with Crippen molar-refractivity contribution in [1.82, 2.24) is 0 Å². The van der Waals surface area contributed by atoms with Gasteiger partial charge in [0.05, 0.1) is 22.3 Å². The predicted octanol–water partition coefficient (Wildman–Crippen LogP) is 5.24. The summed E-state index contributed by atoms with van der Waals surface area (Å²) in [7, 11) is 0. The van der Waals surface area contributed by atoms with E-state index in [-0.39, 0.29) is 0 Å². The van der Waals surface area contributed by atoms with Crippen LogP contribution < -0.4 is 5.32 Å². The van der Waals surface area contributed by atoms with Crippen LogP contribution in [-0.4, -0.2) is 0 Å². The summed E-state index contributed by atoms with van der Waals surface area (Å²) in [4.78, 5) is 0. The van der Waals surface area contributed by atoms with Crippen LogP contribution in [0.4, 0.5) is 5.69 Å². The summed E-state index contributed by atoms with van der Waals surface area (Å²) in [6, 6.07) is 12.8. The maximum Gasteiger partial charge on any atom is 0.0992 e. The summed E-state index contributed by atoms with van der Waals surface area (Å²) in [6.07, 6.45) is 0.